The summed E-state index contributed by atoms with van der Waals surface area (Å²) < 4.78 is 16.2. The molecule has 1 aliphatic heterocycles. The van der Waals surface area contributed by atoms with Gasteiger partial charge in [-0.15, -0.1) is 0 Å². The summed E-state index contributed by atoms with van der Waals surface area (Å²) in [5.74, 6) is 2.00. The van der Waals surface area contributed by atoms with Crippen LogP contribution in [0.5, 0.6) is 0 Å². The summed E-state index contributed by atoms with van der Waals surface area (Å²) in [6.45, 7) is 5.01. The molecule has 0 unspecified atom stereocenters. The number of hydrogen-bond acceptors (Lipinski definition) is 7. The molecule has 2 saturated carbocycles. The Kier molecular flexibility index (Phi) is 5.87. The molecule has 2 aliphatic carbocycles. The van der Waals surface area contributed by atoms with Crippen molar-refractivity contribution in [2.75, 3.05) is 17.6 Å². The van der Waals surface area contributed by atoms with E-state index in [1.165, 1.54) is 24.7 Å². The molecule has 9 heteroatoms. The normalized spacial score (nSPS) is 26.3. The second-order valence-electron chi connectivity index (χ2n) is 11.6. The van der Waals surface area contributed by atoms with Crippen LogP contribution in [-0.2, 0) is 15.9 Å². The molecule has 7 rings (SSSR count). The van der Waals surface area contributed by atoms with Gasteiger partial charge < -0.3 is 25.1 Å². The van der Waals surface area contributed by atoms with E-state index in [9.17, 15) is 0 Å². The first kappa shape index (κ1) is 24.3. The number of aromatic nitrogens is 4. The molecule has 4 heterocycles. The third-order valence-corrected chi connectivity index (χ3v) is 8.95. The Morgan fingerprint density at radius 3 is 2.82 bits per heavy atom. The smallest absolute Gasteiger partial charge is 0.163 e. The van der Waals surface area contributed by atoms with Crippen LogP contribution in [0.4, 0.5) is 11.6 Å². The first-order valence-corrected chi connectivity index (χ1v) is 14.4. The van der Waals surface area contributed by atoms with E-state index >= 15 is 0 Å². The summed E-state index contributed by atoms with van der Waals surface area (Å²) in [4.78, 5) is 13.6. The van der Waals surface area contributed by atoms with E-state index < -0.39 is 5.79 Å². The number of benzene rings is 1. The van der Waals surface area contributed by atoms with Gasteiger partial charge >= 0.3 is 0 Å². The zero-order valence-electron chi connectivity index (χ0n) is 21.7. The number of aryl methyl sites for hydroxylation is 1. The standard InChI is InChI=1S/C29H33BrN6O2/c1-29(2)37-24-19(13-23(25(24)38-29)36-10-9-20-26(31)33-15-34-28(20)36)8-6-16-5-7-18-12-21(30)27(35-22(18)11-16)32-14-17-3-4-17/h5,7,9-12,15,17,19,23-25H,3-4,6,8,13-14H2,1-2H3,(H,32,35)(H2,31,33,34)/t19-,23+,24+,25-/m0/s1. The molecule has 0 spiro atoms. The van der Waals surface area contributed by atoms with Gasteiger partial charge in [0.2, 0.25) is 0 Å². The van der Waals surface area contributed by atoms with Crippen LogP contribution in [0, 0.1) is 11.8 Å². The Morgan fingerprint density at radius 1 is 1.13 bits per heavy atom. The average Bonchev–Trinajstić information content (AvgIpc) is 3.41. The van der Waals surface area contributed by atoms with Crippen molar-refractivity contribution in [1.29, 1.82) is 0 Å². The number of halogens is 1. The van der Waals surface area contributed by atoms with E-state index in [2.05, 4.69) is 66.2 Å². The van der Waals surface area contributed by atoms with Gasteiger partial charge in [-0.2, -0.15) is 0 Å². The Balaban J connectivity index is 1.12. The van der Waals surface area contributed by atoms with E-state index in [0.717, 1.165) is 64.0 Å². The minimum atomic E-state index is -0.604. The molecule has 3 aromatic heterocycles. The summed E-state index contributed by atoms with van der Waals surface area (Å²) in [6.07, 6.45) is 9.20. The Morgan fingerprint density at radius 2 is 1.97 bits per heavy atom. The number of nitrogens with one attached hydrogen (secondary N) is 1. The number of ether oxygens (including phenoxy) is 2. The minimum absolute atomic E-state index is 0.0301. The fraction of sp³-hybridized carbons (Fsp3) is 0.483. The minimum Gasteiger partial charge on any atom is -0.383 e. The number of rotatable bonds is 7. The van der Waals surface area contributed by atoms with Crippen molar-refractivity contribution in [3.8, 4) is 0 Å². The molecule has 3 fully saturated rings. The maximum Gasteiger partial charge on any atom is 0.163 e. The molecular formula is C29H33BrN6O2. The largest absolute Gasteiger partial charge is 0.383 e. The number of pyridine rings is 1. The van der Waals surface area contributed by atoms with E-state index in [-0.39, 0.29) is 18.2 Å². The quantitative estimate of drug-likeness (QED) is 0.284. The van der Waals surface area contributed by atoms with Crippen LogP contribution in [0.1, 0.15) is 51.1 Å². The van der Waals surface area contributed by atoms with E-state index in [1.54, 1.807) is 0 Å². The van der Waals surface area contributed by atoms with Gasteiger partial charge in [0.15, 0.2) is 5.79 Å². The molecule has 1 aromatic carbocycles. The van der Waals surface area contributed by atoms with Gasteiger partial charge in [-0.05, 0) is 97.5 Å². The van der Waals surface area contributed by atoms with Gasteiger partial charge in [0, 0.05) is 18.1 Å². The molecule has 198 valence electrons. The summed E-state index contributed by atoms with van der Waals surface area (Å²) in [7, 11) is 0. The third-order valence-electron chi connectivity index (χ3n) is 8.34. The van der Waals surface area contributed by atoms with Crippen molar-refractivity contribution in [2.45, 2.75) is 70.0 Å². The van der Waals surface area contributed by atoms with Crippen LogP contribution in [0.2, 0.25) is 0 Å². The van der Waals surface area contributed by atoms with Crippen LogP contribution in [-0.4, -0.2) is 44.1 Å². The zero-order valence-corrected chi connectivity index (χ0v) is 23.3. The summed E-state index contributed by atoms with van der Waals surface area (Å²) >= 11 is 3.69. The molecule has 0 amide bonds. The number of fused-ring (bicyclic) bond motifs is 3. The Labute approximate surface area is 230 Å². The molecule has 38 heavy (non-hydrogen) atoms. The SMILES string of the molecule is CC1(C)O[C@@H]2[C@@H](CCc3ccc4cc(Br)c(NCC5CC5)nc4c3)C[C@@H](n3ccc4c(N)ncnc43)[C@@H]2O1. The lowest BCUT2D eigenvalue weighted by molar-refractivity contribution is -0.160. The van der Waals surface area contributed by atoms with E-state index in [0.29, 0.717) is 11.7 Å². The number of nitrogens with two attached hydrogens (primary N) is 1. The third kappa shape index (κ3) is 4.44. The summed E-state index contributed by atoms with van der Waals surface area (Å²) in [5.41, 5.74) is 9.30. The number of hydrogen-bond donors (Lipinski definition) is 2. The topological polar surface area (TPSA) is 100 Å². The zero-order chi connectivity index (χ0) is 26.0. The molecule has 3 aliphatic rings. The van der Waals surface area contributed by atoms with Crippen molar-refractivity contribution >= 4 is 49.5 Å². The number of anilines is 2. The Hall–Kier alpha value is -2.75. The molecule has 4 aromatic rings. The van der Waals surface area contributed by atoms with E-state index in [1.807, 2.05) is 19.9 Å². The van der Waals surface area contributed by atoms with Crippen molar-refractivity contribution in [1.82, 2.24) is 19.5 Å². The lowest BCUT2D eigenvalue weighted by Gasteiger charge is -2.24. The van der Waals surface area contributed by atoms with Crippen LogP contribution >= 0.6 is 15.9 Å². The highest BCUT2D eigenvalue weighted by molar-refractivity contribution is 9.10. The van der Waals surface area contributed by atoms with Crippen LogP contribution in [0.3, 0.4) is 0 Å². The maximum atomic E-state index is 6.47. The van der Waals surface area contributed by atoms with Crippen molar-refractivity contribution < 1.29 is 9.47 Å². The maximum absolute atomic E-state index is 6.47. The van der Waals surface area contributed by atoms with Gasteiger partial charge in [-0.3, -0.25) is 0 Å². The van der Waals surface area contributed by atoms with Gasteiger partial charge in [0.25, 0.3) is 0 Å². The summed E-state index contributed by atoms with van der Waals surface area (Å²) in [6, 6.07) is 10.9. The van der Waals surface area contributed by atoms with E-state index in [4.69, 9.17) is 20.2 Å². The average molecular weight is 578 g/mol. The number of nitrogen functional groups attached to an aromatic ring is 1. The highest BCUT2D eigenvalue weighted by Gasteiger charge is 2.54. The monoisotopic (exact) mass is 576 g/mol. The van der Waals surface area contributed by atoms with Crippen molar-refractivity contribution in [2.24, 2.45) is 11.8 Å². The van der Waals surface area contributed by atoms with Gasteiger partial charge in [0.1, 0.15) is 29.7 Å². The molecule has 0 radical (unpaired) electrons. The van der Waals surface area contributed by atoms with Crippen LogP contribution in [0.15, 0.2) is 47.3 Å². The second-order valence-corrected chi connectivity index (χ2v) is 12.4. The summed E-state index contributed by atoms with van der Waals surface area (Å²) in [5, 5.41) is 5.55. The highest BCUT2D eigenvalue weighted by Crippen LogP contribution is 2.49. The molecule has 3 N–H and O–H groups in total. The lowest BCUT2D eigenvalue weighted by Crippen LogP contribution is -2.27. The first-order chi connectivity index (χ1) is 18.3. The highest BCUT2D eigenvalue weighted by atomic mass is 79.9. The van der Waals surface area contributed by atoms with Gasteiger partial charge in [-0.1, -0.05) is 12.1 Å². The molecule has 8 nitrogen and oxygen atoms in total. The predicted molar refractivity (Wildman–Crippen MR) is 152 cm³/mol. The van der Waals surface area contributed by atoms with Crippen LogP contribution in [0.25, 0.3) is 21.9 Å². The molecular weight excluding hydrogens is 544 g/mol. The lowest BCUT2D eigenvalue weighted by atomic mass is 9.95. The van der Waals surface area contributed by atoms with Gasteiger partial charge in [-0.25, -0.2) is 15.0 Å². The second kappa shape index (κ2) is 9.17. The van der Waals surface area contributed by atoms with Gasteiger partial charge in [0.05, 0.1) is 27.5 Å². The fourth-order valence-electron chi connectivity index (χ4n) is 6.25. The molecule has 1 saturated heterocycles. The number of nitrogens with zero attached hydrogens (tertiary/aromatic N) is 4. The Bertz CT molecular complexity index is 1520. The van der Waals surface area contributed by atoms with Crippen molar-refractivity contribution in [3.63, 3.8) is 0 Å². The predicted octanol–water partition coefficient (Wildman–Crippen LogP) is 5.86. The fourth-order valence-corrected chi connectivity index (χ4v) is 6.73. The molecule has 0 bridgehead atoms. The van der Waals surface area contributed by atoms with Crippen LogP contribution < -0.4 is 11.1 Å². The molecule has 4 atom stereocenters. The first-order valence-electron chi connectivity index (χ1n) is 13.6. The van der Waals surface area contributed by atoms with Crippen molar-refractivity contribution in [3.05, 3.63) is 52.9 Å².